The minimum atomic E-state index is -0.272. The van der Waals surface area contributed by atoms with Crippen molar-refractivity contribution < 1.29 is 4.92 Å². The second-order valence-corrected chi connectivity index (χ2v) is 12.9. The lowest BCUT2D eigenvalue weighted by atomic mass is 9.43. The Morgan fingerprint density at radius 1 is 0.933 bits per heavy atom. The summed E-state index contributed by atoms with van der Waals surface area (Å²) in [6.07, 6.45) is 15.2. The Morgan fingerprint density at radius 2 is 1.67 bits per heavy atom. The Labute approximate surface area is 185 Å². The van der Waals surface area contributed by atoms with Crippen molar-refractivity contribution in [3.8, 4) is 0 Å². The first-order valence-electron chi connectivity index (χ1n) is 13.3. The van der Waals surface area contributed by atoms with Crippen molar-refractivity contribution in [2.75, 3.05) is 0 Å². The standard InChI is InChI=1S/C27H47NO2/c1-18(2)9-8-10-19(3)21-12-13-22-25-23(14-16-27(21,22)5)26(4)15-7-6-11-20(26)17-24(25)28(29)30/h18-25H,6-17H2,1-5H3. The van der Waals surface area contributed by atoms with Crippen LogP contribution in [0.25, 0.3) is 0 Å². The summed E-state index contributed by atoms with van der Waals surface area (Å²) in [4.78, 5) is 12.5. The van der Waals surface area contributed by atoms with Gasteiger partial charge in [-0.3, -0.25) is 10.1 Å². The maximum absolute atomic E-state index is 12.3. The molecule has 4 saturated carbocycles. The summed E-state index contributed by atoms with van der Waals surface area (Å²) in [7, 11) is 0. The molecule has 3 heteroatoms. The van der Waals surface area contributed by atoms with Gasteiger partial charge < -0.3 is 0 Å². The molecule has 0 aromatic heterocycles. The van der Waals surface area contributed by atoms with Crippen molar-refractivity contribution in [1.29, 1.82) is 0 Å². The maximum Gasteiger partial charge on any atom is 0.216 e. The van der Waals surface area contributed by atoms with Crippen molar-refractivity contribution in [3.63, 3.8) is 0 Å². The molecule has 172 valence electrons. The summed E-state index contributed by atoms with van der Waals surface area (Å²) in [5, 5.41) is 12.3. The van der Waals surface area contributed by atoms with Crippen LogP contribution in [-0.4, -0.2) is 11.0 Å². The van der Waals surface area contributed by atoms with Crippen LogP contribution in [0.2, 0.25) is 0 Å². The third kappa shape index (κ3) is 3.64. The van der Waals surface area contributed by atoms with E-state index in [0.29, 0.717) is 34.5 Å². The molecule has 0 spiro atoms. The maximum atomic E-state index is 12.3. The van der Waals surface area contributed by atoms with Crippen molar-refractivity contribution in [2.45, 2.75) is 118 Å². The number of fused-ring (bicyclic) bond motifs is 5. The van der Waals surface area contributed by atoms with E-state index in [0.717, 1.165) is 24.2 Å². The van der Waals surface area contributed by atoms with Gasteiger partial charge in [-0.05, 0) is 84.9 Å². The minimum absolute atomic E-state index is 0.164. The first-order chi connectivity index (χ1) is 14.2. The van der Waals surface area contributed by atoms with Crippen LogP contribution in [0.1, 0.15) is 112 Å². The number of hydrogen-bond acceptors (Lipinski definition) is 2. The lowest BCUT2D eigenvalue weighted by Gasteiger charge is -2.60. The number of hydrogen-bond donors (Lipinski definition) is 0. The van der Waals surface area contributed by atoms with E-state index in [9.17, 15) is 10.1 Å². The Hall–Kier alpha value is -0.600. The van der Waals surface area contributed by atoms with Gasteiger partial charge >= 0.3 is 0 Å². The lowest BCUT2D eigenvalue weighted by Crippen LogP contribution is -2.59. The van der Waals surface area contributed by atoms with Crippen LogP contribution in [0.5, 0.6) is 0 Å². The van der Waals surface area contributed by atoms with Crippen LogP contribution in [-0.2, 0) is 0 Å². The molecule has 0 N–H and O–H groups in total. The number of nitro groups is 1. The van der Waals surface area contributed by atoms with Gasteiger partial charge in [-0.25, -0.2) is 0 Å². The second-order valence-electron chi connectivity index (χ2n) is 12.9. The van der Waals surface area contributed by atoms with Crippen LogP contribution in [0.15, 0.2) is 0 Å². The summed E-state index contributed by atoms with van der Waals surface area (Å²) >= 11 is 0. The smallest absolute Gasteiger partial charge is 0.216 e. The molecule has 4 rings (SSSR count). The molecule has 0 amide bonds. The van der Waals surface area contributed by atoms with Crippen LogP contribution >= 0.6 is 0 Å². The summed E-state index contributed by atoms with van der Waals surface area (Å²) in [6, 6.07) is -0.272. The minimum Gasteiger partial charge on any atom is -0.264 e. The van der Waals surface area contributed by atoms with Crippen molar-refractivity contribution in [2.24, 2.45) is 52.3 Å². The molecule has 4 fully saturated rings. The van der Waals surface area contributed by atoms with E-state index in [1.165, 1.54) is 70.6 Å². The van der Waals surface area contributed by atoms with E-state index >= 15 is 0 Å². The molecule has 9 atom stereocenters. The van der Waals surface area contributed by atoms with Crippen molar-refractivity contribution in [3.05, 3.63) is 10.1 Å². The van der Waals surface area contributed by atoms with E-state index in [2.05, 4.69) is 34.6 Å². The van der Waals surface area contributed by atoms with Gasteiger partial charge in [0.2, 0.25) is 6.04 Å². The van der Waals surface area contributed by atoms with Gasteiger partial charge in [0.1, 0.15) is 0 Å². The highest BCUT2D eigenvalue weighted by molar-refractivity contribution is 5.11. The normalized spacial score (nSPS) is 46.7. The van der Waals surface area contributed by atoms with Gasteiger partial charge in [0.05, 0.1) is 0 Å². The molecule has 4 aliphatic rings. The molecule has 30 heavy (non-hydrogen) atoms. The topological polar surface area (TPSA) is 43.1 Å². The summed E-state index contributed by atoms with van der Waals surface area (Å²) in [5.41, 5.74) is 0.711. The molecule has 4 aliphatic carbocycles. The monoisotopic (exact) mass is 417 g/mol. The number of rotatable bonds is 6. The molecule has 0 radical (unpaired) electrons. The highest BCUT2D eigenvalue weighted by atomic mass is 16.6. The van der Waals surface area contributed by atoms with Crippen molar-refractivity contribution >= 4 is 0 Å². The first kappa shape index (κ1) is 22.6. The summed E-state index contributed by atoms with van der Waals surface area (Å²) in [6.45, 7) is 12.2. The number of nitrogens with zero attached hydrogens (tertiary/aromatic N) is 1. The third-order valence-corrected chi connectivity index (χ3v) is 11.1. The predicted octanol–water partition coefficient (Wildman–Crippen LogP) is 7.75. The second kappa shape index (κ2) is 8.39. The zero-order valence-corrected chi connectivity index (χ0v) is 20.4. The van der Waals surface area contributed by atoms with Crippen molar-refractivity contribution in [1.82, 2.24) is 0 Å². The van der Waals surface area contributed by atoms with Gasteiger partial charge in [0, 0.05) is 17.3 Å². The van der Waals surface area contributed by atoms with Crippen LogP contribution in [0, 0.1) is 62.4 Å². The summed E-state index contributed by atoms with van der Waals surface area (Å²) in [5.74, 6) is 4.46. The molecule has 0 aromatic carbocycles. The molecular weight excluding hydrogens is 370 g/mol. The largest absolute Gasteiger partial charge is 0.264 e. The average molecular weight is 418 g/mol. The highest BCUT2D eigenvalue weighted by Crippen LogP contribution is 2.68. The fourth-order valence-electron chi connectivity index (χ4n) is 9.51. The zero-order chi connectivity index (χ0) is 21.7. The van der Waals surface area contributed by atoms with Gasteiger partial charge in [-0.15, -0.1) is 0 Å². The van der Waals surface area contributed by atoms with Crippen LogP contribution in [0.4, 0.5) is 0 Å². The Morgan fingerprint density at radius 3 is 2.37 bits per heavy atom. The SMILES string of the molecule is CC(C)CCCC(C)C1CCC2C3C([N+](=O)[O-])CC4CCCCC4(C)C3CCC12C. The van der Waals surface area contributed by atoms with Gasteiger partial charge in [0.25, 0.3) is 0 Å². The Balaban J connectivity index is 1.57. The van der Waals surface area contributed by atoms with E-state index in [1.54, 1.807) is 0 Å². The summed E-state index contributed by atoms with van der Waals surface area (Å²) < 4.78 is 0. The molecule has 0 aliphatic heterocycles. The molecule has 9 unspecified atom stereocenters. The van der Waals surface area contributed by atoms with E-state index in [4.69, 9.17) is 0 Å². The molecular formula is C27H47NO2. The fraction of sp³-hybridized carbons (Fsp3) is 1.00. The van der Waals surface area contributed by atoms with Gasteiger partial charge in [-0.2, -0.15) is 0 Å². The van der Waals surface area contributed by atoms with E-state index < -0.39 is 0 Å². The third-order valence-electron chi connectivity index (χ3n) is 11.1. The van der Waals surface area contributed by atoms with Crippen LogP contribution < -0.4 is 0 Å². The molecule has 0 saturated heterocycles. The van der Waals surface area contributed by atoms with Crippen LogP contribution in [0.3, 0.4) is 0 Å². The van der Waals surface area contributed by atoms with E-state index in [-0.39, 0.29) is 11.0 Å². The van der Waals surface area contributed by atoms with Gasteiger partial charge in [0.15, 0.2) is 0 Å². The van der Waals surface area contributed by atoms with E-state index in [1.807, 2.05) is 0 Å². The Bertz CT molecular complexity index is 632. The lowest BCUT2D eigenvalue weighted by molar-refractivity contribution is -0.548. The molecule has 0 heterocycles. The predicted molar refractivity (Wildman–Crippen MR) is 124 cm³/mol. The molecule has 0 aromatic rings. The quantitative estimate of drug-likeness (QED) is 0.327. The molecule has 3 nitrogen and oxygen atoms in total. The molecule has 0 bridgehead atoms. The first-order valence-corrected chi connectivity index (χ1v) is 13.3. The Kier molecular flexibility index (Phi) is 6.32. The average Bonchev–Trinajstić information content (AvgIpc) is 3.03. The highest BCUT2D eigenvalue weighted by Gasteiger charge is 2.65. The zero-order valence-electron chi connectivity index (χ0n) is 20.4. The van der Waals surface area contributed by atoms with Gasteiger partial charge in [-0.1, -0.05) is 66.7 Å². The fourth-order valence-corrected chi connectivity index (χ4v) is 9.51.